The molecule has 1 N–H and O–H groups in total. The standard InChI is InChI=1S/C11H12N2O2/c1-2-4-9-8(3-1)14-7-10(15-9)11-12-5-6-13-11/h1-4,10H,5-7H2,(H,12,13)/t10-/m0/s1/i1D,5D2,6D2. The van der Waals surface area contributed by atoms with Gasteiger partial charge in [0.05, 0.1) is 13.4 Å². The van der Waals surface area contributed by atoms with E-state index in [1.165, 1.54) is 6.07 Å². The maximum absolute atomic E-state index is 7.56. The largest absolute Gasteiger partial charge is 0.485 e. The van der Waals surface area contributed by atoms with Gasteiger partial charge in [-0.15, -0.1) is 0 Å². The van der Waals surface area contributed by atoms with Gasteiger partial charge in [0, 0.05) is 6.50 Å². The molecule has 2 aliphatic rings. The molecule has 0 radical (unpaired) electrons. The summed E-state index contributed by atoms with van der Waals surface area (Å²) in [4.78, 5) is 3.71. The lowest BCUT2D eigenvalue weighted by Crippen LogP contribution is -2.42. The summed E-state index contributed by atoms with van der Waals surface area (Å²) in [6, 6.07) is 4.96. The van der Waals surface area contributed by atoms with Crippen LogP contribution in [0.4, 0.5) is 0 Å². The van der Waals surface area contributed by atoms with Gasteiger partial charge in [0.2, 0.25) is 0 Å². The first kappa shape index (κ1) is 4.88. The van der Waals surface area contributed by atoms with E-state index in [9.17, 15) is 0 Å². The Morgan fingerprint density at radius 2 is 2.53 bits per heavy atom. The minimum absolute atomic E-state index is 0.0778. The topological polar surface area (TPSA) is 42.8 Å². The molecule has 0 fully saturated rings. The zero-order valence-corrected chi connectivity index (χ0v) is 7.78. The van der Waals surface area contributed by atoms with Crippen molar-refractivity contribution in [1.82, 2.24) is 5.32 Å². The van der Waals surface area contributed by atoms with Crippen molar-refractivity contribution < 1.29 is 16.3 Å². The molecule has 3 rings (SSSR count). The number of hydrogen-bond donors (Lipinski definition) is 1. The lowest BCUT2D eigenvalue weighted by atomic mass is 10.2. The smallest absolute Gasteiger partial charge is 0.189 e. The monoisotopic (exact) mass is 209 g/mol. The second-order valence-corrected chi connectivity index (χ2v) is 3.15. The molecule has 1 aromatic rings. The molecule has 1 aromatic carbocycles. The van der Waals surface area contributed by atoms with Gasteiger partial charge < -0.3 is 14.8 Å². The van der Waals surface area contributed by atoms with Gasteiger partial charge in [-0.25, -0.2) is 0 Å². The summed E-state index contributed by atoms with van der Waals surface area (Å²) in [6.45, 7) is -4.55. The van der Waals surface area contributed by atoms with Crippen LogP contribution in [0.15, 0.2) is 29.2 Å². The van der Waals surface area contributed by atoms with Crippen LogP contribution in [0.2, 0.25) is 0 Å². The van der Waals surface area contributed by atoms with E-state index >= 15 is 0 Å². The minimum atomic E-state index is -2.35. The van der Waals surface area contributed by atoms with Crippen molar-refractivity contribution in [2.24, 2.45) is 4.99 Å². The molecule has 78 valence electrons. The highest BCUT2D eigenvalue weighted by molar-refractivity contribution is 5.88. The first-order valence-electron chi connectivity index (χ1n) is 7.06. The third kappa shape index (κ3) is 1.52. The van der Waals surface area contributed by atoms with Crippen molar-refractivity contribution in [3.05, 3.63) is 24.2 Å². The SMILES string of the molecule is [2H]c1ccc2c(c1)OC[C@@H](C1=NC([2H])([2H])C([2H])([2H])N1)O2. The number of amidine groups is 1. The Balaban J connectivity index is 1.84. The molecule has 2 aliphatic heterocycles. The lowest BCUT2D eigenvalue weighted by molar-refractivity contribution is 0.133. The first-order valence-corrected chi connectivity index (χ1v) is 4.56. The van der Waals surface area contributed by atoms with E-state index in [-0.39, 0.29) is 12.4 Å². The second-order valence-electron chi connectivity index (χ2n) is 3.15. The van der Waals surface area contributed by atoms with E-state index in [4.69, 9.17) is 16.3 Å². The van der Waals surface area contributed by atoms with Gasteiger partial charge in [0.15, 0.2) is 17.6 Å². The Hall–Kier alpha value is -1.71. The summed E-state index contributed by atoms with van der Waals surface area (Å²) in [7, 11) is 0. The molecule has 0 aliphatic carbocycles. The average molecular weight is 209 g/mol. The van der Waals surface area contributed by atoms with Crippen LogP contribution in [0.5, 0.6) is 11.5 Å². The van der Waals surface area contributed by atoms with E-state index in [0.717, 1.165) is 0 Å². The van der Waals surface area contributed by atoms with Crippen LogP contribution in [-0.4, -0.2) is 31.5 Å². The second kappa shape index (κ2) is 3.46. The molecule has 0 saturated carbocycles. The Kier molecular flexibility index (Phi) is 1.12. The Bertz CT molecular complexity index is 590. The van der Waals surface area contributed by atoms with Crippen molar-refractivity contribution in [2.75, 3.05) is 19.6 Å². The summed E-state index contributed by atoms with van der Waals surface area (Å²) in [5, 5.41) is 2.40. The normalized spacial score (nSPS) is 34.8. The van der Waals surface area contributed by atoms with Gasteiger partial charge >= 0.3 is 0 Å². The average Bonchev–Trinajstić information content (AvgIpc) is 2.58. The van der Waals surface area contributed by atoms with E-state index in [2.05, 4.69) is 10.3 Å². The Labute approximate surface area is 94.9 Å². The van der Waals surface area contributed by atoms with Crippen molar-refractivity contribution in [1.29, 1.82) is 0 Å². The van der Waals surface area contributed by atoms with Gasteiger partial charge in [-0.2, -0.15) is 0 Å². The van der Waals surface area contributed by atoms with E-state index in [1.807, 2.05) is 0 Å². The van der Waals surface area contributed by atoms with Crippen molar-refractivity contribution in [2.45, 2.75) is 6.10 Å². The molecular formula is C11H12N2O2. The van der Waals surface area contributed by atoms with E-state index in [1.54, 1.807) is 12.1 Å². The van der Waals surface area contributed by atoms with Crippen LogP contribution in [0.3, 0.4) is 0 Å². The quantitative estimate of drug-likeness (QED) is 0.745. The van der Waals surface area contributed by atoms with Crippen molar-refractivity contribution in [3.8, 4) is 11.5 Å². The number of aliphatic imine (C=N–C) groups is 1. The molecule has 0 bridgehead atoms. The number of nitrogens with one attached hydrogen (secondary N) is 1. The first-order chi connectivity index (χ1) is 9.28. The Morgan fingerprint density at radius 3 is 3.40 bits per heavy atom. The number of benzene rings is 1. The fourth-order valence-electron chi connectivity index (χ4n) is 1.46. The van der Waals surface area contributed by atoms with Crippen LogP contribution in [-0.2, 0) is 0 Å². The summed E-state index contributed by atoms with van der Waals surface area (Å²) in [5.41, 5.74) is 0. The van der Waals surface area contributed by atoms with Crippen LogP contribution in [0.25, 0.3) is 0 Å². The molecule has 4 heteroatoms. The number of hydrogen-bond acceptors (Lipinski definition) is 4. The summed E-state index contributed by atoms with van der Waals surface area (Å²) < 4.78 is 48.7. The molecule has 2 heterocycles. The van der Waals surface area contributed by atoms with Crippen molar-refractivity contribution >= 4 is 5.84 Å². The zero-order chi connectivity index (χ0) is 14.5. The molecule has 1 atom stereocenters. The molecule has 0 unspecified atom stereocenters. The van der Waals surface area contributed by atoms with Gasteiger partial charge in [0.1, 0.15) is 12.4 Å². The highest BCUT2D eigenvalue weighted by Crippen LogP contribution is 2.31. The number of nitrogens with zero attached hydrogens (tertiary/aromatic N) is 1. The number of fused-ring (bicyclic) bond motifs is 1. The fourth-order valence-corrected chi connectivity index (χ4v) is 1.46. The van der Waals surface area contributed by atoms with Crippen LogP contribution in [0, 0.1) is 0 Å². The number of ether oxygens (including phenoxy) is 2. The Morgan fingerprint density at radius 1 is 1.53 bits per heavy atom. The molecule has 0 spiro atoms. The molecule has 0 saturated heterocycles. The third-order valence-electron chi connectivity index (χ3n) is 2.18. The van der Waals surface area contributed by atoms with Crippen LogP contribution < -0.4 is 14.8 Å². The van der Waals surface area contributed by atoms with Gasteiger partial charge in [0.25, 0.3) is 0 Å². The summed E-state index contributed by atoms with van der Waals surface area (Å²) >= 11 is 0. The zero-order valence-electron chi connectivity index (χ0n) is 12.8. The summed E-state index contributed by atoms with van der Waals surface area (Å²) in [6.07, 6.45) is -0.702. The fraction of sp³-hybridized carbons (Fsp3) is 0.364. The van der Waals surface area contributed by atoms with Crippen LogP contribution in [0.1, 0.15) is 6.85 Å². The molecule has 4 nitrogen and oxygen atoms in total. The highest BCUT2D eigenvalue weighted by atomic mass is 16.6. The summed E-state index contributed by atoms with van der Waals surface area (Å²) in [5.74, 6) is 0.953. The molecule has 0 amide bonds. The molecular weight excluding hydrogens is 192 g/mol. The molecule has 15 heavy (non-hydrogen) atoms. The number of rotatable bonds is 1. The van der Waals surface area contributed by atoms with Crippen LogP contribution >= 0.6 is 0 Å². The van der Waals surface area contributed by atoms with Crippen molar-refractivity contribution in [3.63, 3.8) is 0 Å². The predicted molar refractivity (Wildman–Crippen MR) is 56.7 cm³/mol. The highest BCUT2D eigenvalue weighted by Gasteiger charge is 2.26. The van der Waals surface area contributed by atoms with E-state index < -0.39 is 19.1 Å². The van der Waals surface area contributed by atoms with Gasteiger partial charge in [-0.1, -0.05) is 12.1 Å². The lowest BCUT2D eigenvalue weighted by Gasteiger charge is -2.26. The maximum atomic E-state index is 7.56. The minimum Gasteiger partial charge on any atom is -0.485 e. The predicted octanol–water partition coefficient (Wildman–Crippen LogP) is 0.828. The number of para-hydroxylation sites is 2. The molecule has 0 aromatic heterocycles. The van der Waals surface area contributed by atoms with Gasteiger partial charge in [-0.05, 0) is 12.1 Å². The maximum Gasteiger partial charge on any atom is 0.189 e. The van der Waals surface area contributed by atoms with E-state index in [0.29, 0.717) is 17.5 Å². The van der Waals surface area contributed by atoms with Gasteiger partial charge in [-0.3, -0.25) is 4.99 Å². The third-order valence-corrected chi connectivity index (χ3v) is 2.18.